The topological polar surface area (TPSA) is 70.7 Å². The van der Waals surface area contributed by atoms with Crippen LogP contribution in [0.3, 0.4) is 0 Å². The van der Waals surface area contributed by atoms with Crippen LogP contribution < -0.4 is 15.5 Å². The summed E-state index contributed by atoms with van der Waals surface area (Å²) in [6.07, 6.45) is 0. The van der Waals surface area contributed by atoms with Gasteiger partial charge in [0.2, 0.25) is 0 Å². The number of nitrogens with zero attached hydrogens (tertiary/aromatic N) is 1. The Balaban J connectivity index is 1.48. The van der Waals surface area contributed by atoms with Crippen molar-refractivity contribution in [2.24, 2.45) is 0 Å². The monoisotopic (exact) mass is 451 g/mol. The number of aryl methyl sites for hydroxylation is 1. The van der Waals surface area contributed by atoms with Gasteiger partial charge in [0, 0.05) is 30.0 Å². The van der Waals surface area contributed by atoms with Crippen LogP contribution in [0.4, 0.5) is 25.8 Å². The van der Waals surface area contributed by atoms with Gasteiger partial charge in [-0.05, 0) is 55.0 Å². The van der Waals surface area contributed by atoms with Gasteiger partial charge >= 0.3 is 0 Å². The zero-order valence-corrected chi connectivity index (χ0v) is 18.0. The van der Waals surface area contributed by atoms with Crippen LogP contribution in [0.5, 0.6) is 0 Å². The van der Waals surface area contributed by atoms with Crippen LogP contribution in [0.25, 0.3) is 0 Å². The minimum Gasteiger partial charge on any atom is -0.378 e. The molecule has 0 spiro atoms. The van der Waals surface area contributed by atoms with Gasteiger partial charge in [-0.2, -0.15) is 0 Å². The van der Waals surface area contributed by atoms with Crippen LogP contribution in [0.1, 0.15) is 26.3 Å². The molecule has 0 unspecified atom stereocenters. The SMILES string of the molecule is Cc1ccc(C(=O)Nc2ccc(N3CCOCC3)c(F)c2)cc1NC(=O)c1ccccc1F. The summed E-state index contributed by atoms with van der Waals surface area (Å²) in [5.41, 5.74) is 2.03. The van der Waals surface area contributed by atoms with Gasteiger partial charge in [-0.25, -0.2) is 8.78 Å². The molecule has 0 bridgehead atoms. The third kappa shape index (κ3) is 5.18. The lowest BCUT2D eigenvalue weighted by Gasteiger charge is -2.29. The zero-order chi connectivity index (χ0) is 23.4. The Hall–Kier alpha value is -3.78. The quantitative estimate of drug-likeness (QED) is 0.594. The average molecular weight is 451 g/mol. The van der Waals surface area contributed by atoms with Gasteiger partial charge < -0.3 is 20.3 Å². The largest absolute Gasteiger partial charge is 0.378 e. The summed E-state index contributed by atoms with van der Waals surface area (Å²) in [5.74, 6) is -2.15. The molecule has 8 heteroatoms. The number of amides is 2. The molecule has 0 saturated carbocycles. The average Bonchev–Trinajstić information content (AvgIpc) is 2.81. The first-order valence-corrected chi connectivity index (χ1v) is 10.5. The molecule has 2 N–H and O–H groups in total. The van der Waals surface area contributed by atoms with Gasteiger partial charge in [-0.3, -0.25) is 9.59 Å². The summed E-state index contributed by atoms with van der Waals surface area (Å²) >= 11 is 0. The van der Waals surface area contributed by atoms with Crippen molar-refractivity contribution in [2.75, 3.05) is 41.8 Å². The molecule has 1 heterocycles. The number of halogens is 2. The fraction of sp³-hybridized carbons (Fsp3) is 0.200. The van der Waals surface area contributed by atoms with Crippen molar-refractivity contribution in [1.29, 1.82) is 0 Å². The minimum atomic E-state index is -0.635. The summed E-state index contributed by atoms with van der Waals surface area (Å²) in [6.45, 7) is 4.06. The van der Waals surface area contributed by atoms with Crippen molar-refractivity contribution < 1.29 is 23.1 Å². The fourth-order valence-electron chi connectivity index (χ4n) is 3.58. The molecule has 2 amide bonds. The highest BCUT2D eigenvalue weighted by molar-refractivity contribution is 6.08. The Labute approximate surface area is 190 Å². The van der Waals surface area contributed by atoms with Crippen LogP contribution in [0, 0.1) is 18.6 Å². The van der Waals surface area contributed by atoms with Crippen LogP contribution in [-0.2, 0) is 4.74 Å². The highest BCUT2D eigenvalue weighted by Crippen LogP contribution is 2.25. The Kier molecular flexibility index (Phi) is 6.65. The van der Waals surface area contributed by atoms with E-state index in [0.717, 1.165) is 0 Å². The lowest BCUT2D eigenvalue weighted by molar-refractivity contribution is 0.101. The summed E-state index contributed by atoms with van der Waals surface area (Å²) in [4.78, 5) is 27.1. The zero-order valence-electron chi connectivity index (χ0n) is 18.0. The number of rotatable bonds is 5. The number of hydrogen-bond acceptors (Lipinski definition) is 4. The Morgan fingerprint density at radius 3 is 2.36 bits per heavy atom. The second kappa shape index (κ2) is 9.79. The molecule has 4 rings (SSSR count). The van der Waals surface area contributed by atoms with E-state index in [2.05, 4.69) is 10.6 Å². The summed E-state index contributed by atoms with van der Waals surface area (Å²) < 4.78 is 33.8. The predicted molar refractivity (Wildman–Crippen MR) is 123 cm³/mol. The molecule has 6 nitrogen and oxygen atoms in total. The van der Waals surface area contributed by atoms with Crippen molar-refractivity contribution in [3.63, 3.8) is 0 Å². The summed E-state index contributed by atoms with van der Waals surface area (Å²) in [5, 5.41) is 5.32. The van der Waals surface area contributed by atoms with Crippen molar-refractivity contribution in [3.8, 4) is 0 Å². The first kappa shape index (κ1) is 22.4. The molecule has 0 atom stereocenters. The first-order valence-electron chi connectivity index (χ1n) is 10.5. The maximum Gasteiger partial charge on any atom is 0.258 e. The molecule has 0 radical (unpaired) electrons. The van der Waals surface area contributed by atoms with E-state index < -0.39 is 23.4 Å². The maximum atomic E-state index is 14.6. The second-order valence-corrected chi connectivity index (χ2v) is 7.68. The molecule has 1 aliphatic heterocycles. The van der Waals surface area contributed by atoms with E-state index in [0.29, 0.717) is 48.9 Å². The Morgan fingerprint density at radius 1 is 0.879 bits per heavy atom. The second-order valence-electron chi connectivity index (χ2n) is 7.68. The molecule has 3 aromatic carbocycles. The third-order valence-corrected chi connectivity index (χ3v) is 5.42. The van der Waals surface area contributed by atoms with Gasteiger partial charge in [0.25, 0.3) is 11.8 Å². The number of anilines is 3. The predicted octanol–water partition coefficient (Wildman–Crippen LogP) is 4.61. The number of benzene rings is 3. The molecule has 0 aliphatic carbocycles. The lowest BCUT2D eigenvalue weighted by atomic mass is 10.1. The van der Waals surface area contributed by atoms with E-state index in [1.54, 1.807) is 37.3 Å². The van der Waals surface area contributed by atoms with Gasteiger partial charge in [0.15, 0.2) is 0 Å². The number of carbonyl (C=O) groups excluding carboxylic acids is 2. The highest BCUT2D eigenvalue weighted by Gasteiger charge is 2.17. The van der Waals surface area contributed by atoms with Crippen LogP contribution >= 0.6 is 0 Å². The molecule has 1 aliphatic rings. The Bertz CT molecular complexity index is 1190. The minimum absolute atomic E-state index is 0.0948. The van der Waals surface area contributed by atoms with Crippen molar-refractivity contribution >= 4 is 28.9 Å². The van der Waals surface area contributed by atoms with Gasteiger partial charge in [-0.15, -0.1) is 0 Å². The summed E-state index contributed by atoms with van der Waals surface area (Å²) in [6, 6.07) is 15.0. The smallest absolute Gasteiger partial charge is 0.258 e. The fourth-order valence-corrected chi connectivity index (χ4v) is 3.58. The number of hydrogen-bond donors (Lipinski definition) is 2. The van der Waals surface area contributed by atoms with Gasteiger partial charge in [0.1, 0.15) is 11.6 Å². The molecule has 33 heavy (non-hydrogen) atoms. The maximum absolute atomic E-state index is 14.6. The normalized spacial score (nSPS) is 13.5. The van der Waals surface area contributed by atoms with E-state index in [4.69, 9.17) is 4.74 Å². The molecule has 1 fully saturated rings. The Morgan fingerprint density at radius 2 is 1.64 bits per heavy atom. The van der Waals surface area contributed by atoms with E-state index in [-0.39, 0.29) is 11.1 Å². The molecule has 0 aromatic heterocycles. The highest BCUT2D eigenvalue weighted by atomic mass is 19.1. The molecule has 1 saturated heterocycles. The first-order chi connectivity index (χ1) is 15.9. The molecular weight excluding hydrogens is 428 g/mol. The van der Waals surface area contributed by atoms with Crippen molar-refractivity contribution in [2.45, 2.75) is 6.92 Å². The molecule has 170 valence electrons. The van der Waals surface area contributed by atoms with Gasteiger partial charge in [-0.1, -0.05) is 18.2 Å². The number of ether oxygens (including phenoxy) is 1. The standard InChI is InChI=1S/C25H23F2N3O3/c1-16-6-7-17(14-22(16)29-25(32)19-4-2-3-5-20(19)26)24(31)28-18-8-9-23(21(27)15-18)30-10-12-33-13-11-30/h2-9,14-15H,10-13H2,1H3,(H,28,31)(H,29,32). The van der Waals surface area contributed by atoms with Crippen LogP contribution in [-0.4, -0.2) is 38.1 Å². The van der Waals surface area contributed by atoms with E-state index >= 15 is 0 Å². The van der Waals surface area contributed by atoms with Gasteiger partial charge in [0.05, 0.1) is 24.5 Å². The lowest BCUT2D eigenvalue weighted by Crippen LogP contribution is -2.36. The van der Waals surface area contributed by atoms with E-state index in [1.807, 2.05) is 4.90 Å². The van der Waals surface area contributed by atoms with E-state index in [1.165, 1.54) is 30.3 Å². The summed E-state index contributed by atoms with van der Waals surface area (Å²) in [7, 11) is 0. The van der Waals surface area contributed by atoms with Crippen LogP contribution in [0.2, 0.25) is 0 Å². The van der Waals surface area contributed by atoms with E-state index in [9.17, 15) is 18.4 Å². The molecule has 3 aromatic rings. The van der Waals surface area contributed by atoms with Crippen molar-refractivity contribution in [1.82, 2.24) is 0 Å². The number of nitrogens with one attached hydrogen (secondary N) is 2. The number of morpholine rings is 1. The molecular formula is C25H23F2N3O3. The third-order valence-electron chi connectivity index (χ3n) is 5.42. The van der Waals surface area contributed by atoms with Crippen molar-refractivity contribution in [3.05, 3.63) is 89.0 Å². The number of carbonyl (C=O) groups is 2. The van der Waals surface area contributed by atoms with Crippen LogP contribution in [0.15, 0.2) is 60.7 Å².